The number of nitrogens with one attached hydrogen (secondary N) is 2. The van der Waals surface area contributed by atoms with Crippen LogP contribution in [0.25, 0.3) is 0 Å². The van der Waals surface area contributed by atoms with E-state index in [-0.39, 0.29) is 0 Å². The summed E-state index contributed by atoms with van der Waals surface area (Å²) in [5.74, 6) is 0.664. The maximum absolute atomic E-state index is 3.72. The zero-order valence-corrected chi connectivity index (χ0v) is 9.71. The Hall–Kier alpha value is -1.02. The Balaban J connectivity index is 1.60. The zero-order chi connectivity index (χ0) is 10.8. The minimum atomic E-state index is 0.664. The van der Waals surface area contributed by atoms with Crippen LogP contribution in [0.5, 0.6) is 0 Å². The topological polar surface area (TPSA) is 24.1 Å². The third kappa shape index (κ3) is 1.94. The molecule has 2 nitrogen and oxygen atoms in total. The first-order valence-corrected chi connectivity index (χ1v) is 6.49. The summed E-state index contributed by atoms with van der Waals surface area (Å²) in [6.45, 7) is 2.23. The first-order valence-electron chi connectivity index (χ1n) is 6.49. The molecule has 1 saturated carbocycles. The average Bonchev–Trinajstić information content (AvgIpc) is 2.96. The summed E-state index contributed by atoms with van der Waals surface area (Å²) in [7, 11) is 0. The fourth-order valence-corrected chi connectivity index (χ4v) is 2.98. The molecule has 1 atom stereocenters. The van der Waals surface area contributed by atoms with Crippen LogP contribution in [-0.4, -0.2) is 19.1 Å². The van der Waals surface area contributed by atoms with Crippen LogP contribution in [0, 0.1) is 0 Å². The lowest BCUT2D eigenvalue weighted by Crippen LogP contribution is -2.31. The summed E-state index contributed by atoms with van der Waals surface area (Å²) in [4.78, 5) is 0. The number of hydrogen-bond donors (Lipinski definition) is 2. The first-order chi connectivity index (χ1) is 7.93. The Morgan fingerprint density at radius 2 is 2.00 bits per heavy atom. The second-order valence-corrected chi connectivity index (χ2v) is 5.05. The SMILES string of the molecule is c1ccc2c(c1)NCC2CNC1CCCC1. The van der Waals surface area contributed by atoms with E-state index in [2.05, 4.69) is 34.9 Å². The van der Waals surface area contributed by atoms with E-state index in [9.17, 15) is 0 Å². The second kappa shape index (κ2) is 4.46. The minimum absolute atomic E-state index is 0.664. The highest BCUT2D eigenvalue weighted by molar-refractivity contribution is 5.57. The van der Waals surface area contributed by atoms with Crippen molar-refractivity contribution in [2.45, 2.75) is 37.6 Å². The Kier molecular flexibility index (Phi) is 2.83. The molecule has 1 unspecified atom stereocenters. The molecule has 1 heterocycles. The van der Waals surface area contributed by atoms with Gasteiger partial charge in [-0.15, -0.1) is 0 Å². The van der Waals surface area contributed by atoms with Crippen LogP contribution in [0.2, 0.25) is 0 Å². The summed E-state index contributed by atoms with van der Waals surface area (Å²) in [6, 6.07) is 9.49. The molecule has 0 saturated heterocycles. The predicted molar refractivity (Wildman–Crippen MR) is 67.9 cm³/mol. The highest BCUT2D eigenvalue weighted by Gasteiger charge is 2.23. The molecule has 1 aliphatic carbocycles. The van der Waals surface area contributed by atoms with Crippen molar-refractivity contribution in [2.75, 3.05) is 18.4 Å². The Labute approximate surface area is 97.4 Å². The van der Waals surface area contributed by atoms with E-state index in [1.165, 1.54) is 36.9 Å². The molecule has 0 radical (unpaired) electrons. The quantitative estimate of drug-likeness (QED) is 0.812. The van der Waals surface area contributed by atoms with Gasteiger partial charge in [0.2, 0.25) is 0 Å². The van der Waals surface area contributed by atoms with Crippen molar-refractivity contribution in [3.63, 3.8) is 0 Å². The molecule has 1 fully saturated rings. The zero-order valence-electron chi connectivity index (χ0n) is 9.71. The molecule has 86 valence electrons. The van der Waals surface area contributed by atoms with Crippen LogP contribution >= 0.6 is 0 Å². The second-order valence-electron chi connectivity index (χ2n) is 5.05. The fourth-order valence-electron chi connectivity index (χ4n) is 2.98. The molecule has 1 aliphatic heterocycles. The molecule has 3 rings (SSSR count). The normalized spacial score (nSPS) is 24.4. The maximum Gasteiger partial charge on any atom is 0.0376 e. The number of anilines is 1. The molecule has 2 aliphatic rings. The van der Waals surface area contributed by atoms with E-state index in [0.717, 1.165) is 19.1 Å². The highest BCUT2D eigenvalue weighted by atomic mass is 15.0. The average molecular weight is 216 g/mol. The van der Waals surface area contributed by atoms with Crippen molar-refractivity contribution >= 4 is 5.69 Å². The van der Waals surface area contributed by atoms with Gasteiger partial charge in [-0.1, -0.05) is 31.0 Å². The maximum atomic E-state index is 3.72. The highest BCUT2D eigenvalue weighted by Crippen LogP contribution is 2.30. The van der Waals surface area contributed by atoms with Crippen molar-refractivity contribution in [3.8, 4) is 0 Å². The molecule has 16 heavy (non-hydrogen) atoms. The molecule has 0 spiro atoms. The van der Waals surface area contributed by atoms with Gasteiger partial charge in [-0.3, -0.25) is 0 Å². The van der Waals surface area contributed by atoms with Crippen LogP contribution in [0.4, 0.5) is 5.69 Å². The van der Waals surface area contributed by atoms with Crippen LogP contribution in [0.1, 0.15) is 37.2 Å². The van der Waals surface area contributed by atoms with Gasteiger partial charge in [0, 0.05) is 30.7 Å². The first kappa shape index (κ1) is 10.2. The van der Waals surface area contributed by atoms with E-state index in [1.54, 1.807) is 0 Å². The van der Waals surface area contributed by atoms with Crippen molar-refractivity contribution in [1.82, 2.24) is 5.32 Å². The van der Waals surface area contributed by atoms with Crippen LogP contribution < -0.4 is 10.6 Å². The van der Waals surface area contributed by atoms with Crippen molar-refractivity contribution in [2.24, 2.45) is 0 Å². The fraction of sp³-hybridized carbons (Fsp3) is 0.571. The molecule has 0 bridgehead atoms. The van der Waals surface area contributed by atoms with Gasteiger partial charge in [-0.05, 0) is 24.5 Å². The van der Waals surface area contributed by atoms with Gasteiger partial charge in [-0.2, -0.15) is 0 Å². The largest absolute Gasteiger partial charge is 0.384 e. The van der Waals surface area contributed by atoms with E-state index in [0.29, 0.717) is 5.92 Å². The monoisotopic (exact) mass is 216 g/mol. The third-order valence-corrected chi connectivity index (χ3v) is 3.95. The van der Waals surface area contributed by atoms with Crippen LogP contribution in [0.15, 0.2) is 24.3 Å². The van der Waals surface area contributed by atoms with Crippen molar-refractivity contribution in [3.05, 3.63) is 29.8 Å². The summed E-state index contributed by atoms with van der Waals surface area (Å²) >= 11 is 0. The van der Waals surface area contributed by atoms with Gasteiger partial charge in [0.05, 0.1) is 0 Å². The van der Waals surface area contributed by atoms with Crippen LogP contribution in [-0.2, 0) is 0 Å². The van der Waals surface area contributed by atoms with E-state index >= 15 is 0 Å². The molecule has 1 aromatic rings. The summed E-state index contributed by atoms with van der Waals surface area (Å²) in [6.07, 6.45) is 5.58. The smallest absolute Gasteiger partial charge is 0.0376 e. The summed E-state index contributed by atoms with van der Waals surface area (Å²) in [5, 5.41) is 7.21. The van der Waals surface area contributed by atoms with Crippen molar-refractivity contribution < 1.29 is 0 Å². The molecule has 2 N–H and O–H groups in total. The van der Waals surface area contributed by atoms with Gasteiger partial charge in [0.15, 0.2) is 0 Å². The lowest BCUT2D eigenvalue weighted by Gasteiger charge is -2.16. The molecule has 0 aromatic heterocycles. The molecule has 0 amide bonds. The standard InChI is InChI=1S/C14H20N2/c1-2-6-12(5-1)15-9-11-10-16-14-8-4-3-7-13(11)14/h3-4,7-8,11-12,15-16H,1-2,5-6,9-10H2. The lowest BCUT2D eigenvalue weighted by molar-refractivity contribution is 0.499. The number of hydrogen-bond acceptors (Lipinski definition) is 2. The third-order valence-electron chi connectivity index (χ3n) is 3.95. The molecular weight excluding hydrogens is 196 g/mol. The Morgan fingerprint density at radius 1 is 1.19 bits per heavy atom. The number of benzene rings is 1. The number of fused-ring (bicyclic) bond motifs is 1. The van der Waals surface area contributed by atoms with E-state index < -0.39 is 0 Å². The predicted octanol–water partition coefficient (Wildman–Crippen LogP) is 2.73. The molecule has 1 aromatic carbocycles. The lowest BCUT2D eigenvalue weighted by atomic mass is 10.0. The van der Waals surface area contributed by atoms with Gasteiger partial charge in [-0.25, -0.2) is 0 Å². The van der Waals surface area contributed by atoms with Crippen molar-refractivity contribution in [1.29, 1.82) is 0 Å². The minimum Gasteiger partial charge on any atom is -0.384 e. The van der Waals surface area contributed by atoms with Gasteiger partial charge in [0.25, 0.3) is 0 Å². The summed E-state index contributed by atoms with van der Waals surface area (Å²) in [5.41, 5.74) is 2.83. The molecule has 2 heteroatoms. The Bertz CT molecular complexity index is 356. The van der Waals surface area contributed by atoms with Crippen LogP contribution in [0.3, 0.4) is 0 Å². The number of para-hydroxylation sites is 1. The number of rotatable bonds is 3. The Morgan fingerprint density at radius 3 is 2.88 bits per heavy atom. The summed E-state index contributed by atoms with van der Waals surface area (Å²) < 4.78 is 0. The van der Waals surface area contributed by atoms with E-state index in [1.807, 2.05) is 0 Å². The van der Waals surface area contributed by atoms with E-state index in [4.69, 9.17) is 0 Å². The van der Waals surface area contributed by atoms with Gasteiger partial charge >= 0.3 is 0 Å². The van der Waals surface area contributed by atoms with Gasteiger partial charge in [0.1, 0.15) is 0 Å². The van der Waals surface area contributed by atoms with Gasteiger partial charge < -0.3 is 10.6 Å². The molecular formula is C14H20N2.